The zero-order chi connectivity index (χ0) is 13.3. The van der Waals surface area contributed by atoms with Crippen LogP contribution in [0.2, 0.25) is 0 Å². The number of rotatable bonds is 8. The number of unbranched alkanes of at least 4 members (excludes halogenated alkanes) is 1. The van der Waals surface area contributed by atoms with Gasteiger partial charge in [0.2, 0.25) is 5.91 Å². The number of hydrogen-bond acceptors (Lipinski definition) is 3. The van der Waals surface area contributed by atoms with Crippen molar-refractivity contribution in [1.82, 2.24) is 5.32 Å². The normalized spacial score (nSPS) is 12.0. The molecule has 4 heteroatoms. The van der Waals surface area contributed by atoms with Gasteiger partial charge in [-0.3, -0.25) is 4.79 Å². The highest BCUT2D eigenvalue weighted by molar-refractivity contribution is 5.84. The molecule has 0 saturated carbocycles. The molecule has 0 spiro atoms. The summed E-state index contributed by atoms with van der Waals surface area (Å²) in [6.45, 7) is 7.54. The molecule has 0 saturated heterocycles. The molecule has 0 heterocycles. The summed E-state index contributed by atoms with van der Waals surface area (Å²) >= 11 is 0. The molecule has 0 aromatic rings. The molecule has 0 aromatic heterocycles. The molecule has 17 heavy (non-hydrogen) atoms. The van der Waals surface area contributed by atoms with Crippen LogP contribution in [0.25, 0.3) is 0 Å². The molecule has 1 N–H and O–H groups in total. The van der Waals surface area contributed by atoms with Gasteiger partial charge in [0, 0.05) is 6.42 Å². The van der Waals surface area contributed by atoms with Gasteiger partial charge in [-0.1, -0.05) is 19.9 Å². The Kier molecular flexibility index (Phi) is 8.11. The molecule has 1 atom stereocenters. The molecule has 0 rings (SSSR count). The number of esters is 1. The van der Waals surface area contributed by atoms with Crippen molar-refractivity contribution in [3.05, 3.63) is 12.7 Å². The molecule has 0 aliphatic heterocycles. The van der Waals surface area contributed by atoms with E-state index in [0.717, 1.165) is 12.8 Å². The average molecular weight is 241 g/mol. The minimum Gasteiger partial charge on any atom is -0.467 e. The van der Waals surface area contributed by atoms with Crippen molar-refractivity contribution in [2.75, 3.05) is 7.11 Å². The van der Waals surface area contributed by atoms with Crippen LogP contribution in [0.5, 0.6) is 0 Å². The maximum absolute atomic E-state index is 11.6. The van der Waals surface area contributed by atoms with Gasteiger partial charge in [-0.15, -0.1) is 6.58 Å². The number of ether oxygens (including phenoxy) is 1. The predicted octanol–water partition coefficient (Wildman–Crippen LogP) is 2.05. The fourth-order valence-electron chi connectivity index (χ4n) is 1.48. The smallest absolute Gasteiger partial charge is 0.328 e. The van der Waals surface area contributed by atoms with Gasteiger partial charge in [-0.25, -0.2) is 4.79 Å². The van der Waals surface area contributed by atoms with E-state index in [9.17, 15) is 9.59 Å². The quantitative estimate of drug-likeness (QED) is 0.402. The first kappa shape index (κ1) is 15.7. The number of hydrogen-bond donors (Lipinski definition) is 1. The molecule has 98 valence electrons. The van der Waals surface area contributed by atoms with Crippen molar-refractivity contribution < 1.29 is 14.3 Å². The van der Waals surface area contributed by atoms with Crippen molar-refractivity contribution >= 4 is 11.9 Å². The highest BCUT2D eigenvalue weighted by Crippen LogP contribution is 2.05. The van der Waals surface area contributed by atoms with Crippen LogP contribution in [0, 0.1) is 5.92 Å². The Balaban J connectivity index is 4.22. The van der Waals surface area contributed by atoms with E-state index in [1.54, 1.807) is 6.08 Å². The van der Waals surface area contributed by atoms with Crippen molar-refractivity contribution in [3.8, 4) is 0 Å². The fourth-order valence-corrected chi connectivity index (χ4v) is 1.48. The number of methoxy groups -OCH3 is 1. The topological polar surface area (TPSA) is 55.4 Å². The Morgan fingerprint density at radius 2 is 2.06 bits per heavy atom. The van der Waals surface area contributed by atoms with Crippen LogP contribution < -0.4 is 5.32 Å². The number of allylic oxidation sites excluding steroid dienone is 1. The first-order valence-corrected chi connectivity index (χ1v) is 5.99. The minimum atomic E-state index is -0.536. The summed E-state index contributed by atoms with van der Waals surface area (Å²) in [5.41, 5.74) is 0. The first-order chi connectivity index (χ1) is 8.01. The molecular formula is C13H23NO3. The van der Waals surface area contributed by atoms with E-state index < -0.39 is 6.04 Å². The van der Waals surface area contributed by atoms with E-state index in [1.165, 1.54) is 7.11 Å². The molecule has 0 aliphatic rings. The minimum absolute atomic E-state index is 0.103. The van der Waals surface area contributed by atoms with Gasteiger partial charge in [0.25, 0.3) is 0 Å². The van der Waals surface area contributed by atoms with E-state index in [4.69, 9.17) is 0 Å². The molecule has 0 fully saturated rings. The van der Waals surface area contributed by atoms with Crippen LogP contribution in [0.4, 0.5) is 0 Å². The number of nitrogens with one attached hydrogen (secondary N) is 1. The lowest BCUT2D eigenvalue weighted by atomic mass is 10.1. The van der Waals surface area contributed by atoms with Gasteiger partial charge < -0.3 is 10.1 Å². The molecular weight excluding hydrogens is 218 g/mol. The van der Waals surface area contributed by atoms with Gasteiger partial charge >= 0.3 is 5.97 Å². The highest BCUT2D eigenvalue weighted by atomic mass is 16.5. The monoisotopic (exact) mass is 241 g/mol. The van der Waals surface area contributed by atoms with Gasteiger partial charge in [0.15, 0.2) is 0 Å². The number of carbonyl (C=O) groups excluding carboxylic acids is 2. The SMILES string of the molecule is C=CCCC[C@H](NC(=O)CC(C)C)C(=O)OC. The Bertz CT molecular complexity index is 261. The first-order valence-electron chi connectivity index (χ1n) is 5.99. The fraction of sp³-hybridized carbons (Fsp3) is 0.692. The summed E-state index contributed by atoms with van der Waals surface area (Å²) in [7, 11) is 1.33. The summed E-state index contributed by atoms with van der Waals surface area (Å²) in [4.78, 5) is 23.0. The summed E-state index contributed by atoms with van der Waals surface area (Å²) in [5.74, 6) is -0.207. The molecule has 0 unspecified atom stereocenters. The van der Waals surface area contributed by atoms with Crippen LogP contribution in [-0.2, 0) is 14.3 Å². The van der Waals surface area contributed by atoms with E-state index in [-0.39, 0.29) is 17.8 Å². The third-order valence-electron chi connectivity index (χ3n) is 2.32. The highest BCUT2D eigenvalue weighted by Gasteiger charge is 2.20. The van der Waals surface area contributed by atoms with Crippen molar-refractivity contribution in [2.45, 2.75) is 45.6 Å². The van der Waals surface area contributed by atoms with E-state index >= 15 is 0 Å². The van der Waals surface area contributed by atoms with Crippen LogP contribution in [0.1, 0.15) is 39.5 Å². The maximum atomic E-state index is 11.6. The zero-order valence-electron chi connectivity index (χ0n) is 11.0. The lowest BCUT2D eigenvalue weighted by Gasteiger charge is -2.16. The third-order valence-corrected chi connectivity index (χ3v) is 2.32. The summed E-state index contributed by atoms with van der Waals surface area (Å²) in [5, 5.41) is 2.71. The molecule has 1 amide bonds. The van der Waals surface area contributed by atoms with Crippen LogP contribution in [0.3, 0.4) is 0 Å². The summed E-state index contributed by atoms with van der Waals surface area (Å²) in [6.07, 6.45) is 4.44. The van der Waals surface area contributed by atoms with Crippen LogP contribution in [0.15, 0.2) is 12.7 Å². The largest absolute Gasteiger partial charge is 0.467 e. The molecule has 4 nitrogen and oxygen atoms in total. The van der Waals surface area contributed by atoms with E-state index in [0.29, 0.717) is 12.8 Å². The van der Waals surface area contributed by atoms with E-state index in [1.807, 2.05) is 13.8 Å². The lowest BCUT2D eigenvalue weighted by molar-refractivity contribution is -0.145. The van der Waals surface area contributed by atoms with Crippen molar-refractivity contribution in [2.24, 2.45) is 5.92 Å². The molecule has 0 bridgehead atoms. The number of carbonyl (C=O) groups is 2. The Hall–Kier alpha value is -1.32. The average Bonchev–Trinajstić information content (AvgIpc) is 2.26. The second-order valence-electron chi connectivity index (χ2n) is 4.46. The predicted molar refractivity (Wildman–Crippen MR) is 67.4 cm³/mol. The summed E-state index contributed by atoms with van der Waals surface area (Å²) < 4.78 is 4.67. The van der Waals surface area contributed by atoms with Crippen LogP contribution in [-0.4, -0.2) is 25.0 Å². The maximum Gasteiger partial charge on any atom is 0.328 e. The van der Waals surface area contributed by atoms with Gasteiger partial charge in [0.05, 0.1) is 7.11 Å². The second kappa shape index (κ2) is 8.79. The zero-order valence-corrected chi connectivity index (χ0v) is 11.0. The van der Waals surface area contributed by atoms with E-state index in [2.05, 4.69) is 16.6 Å². The lowest BCUT2D eigenvalue weighted by Crippen LogP contribution is -2.41. The van der Waals surface area contributed by atoms with Crippen LogP contribution >= 0.6 is 0 Å². The second-order valence-corrected chi connectivity index (χ2v) is 4.46. The Labute approximate surface area is 103 Å². The molecule has 0 aromatic carbocycles. The molecule has 0 aliphatic carbocycles. The Morgan fingerprint density at radius 3 is 2.53 bits per heavy atom. The van der Waals surface area contributed by atoms with Gasteiger partial charge in [0.1, 0.15) is 6.04 Å². The van der Waals surface area contributed by atoms with Gasteiger partial charge in [-0.05, 0) is 25.2 Å². The van der Waals surface area contributed by atoms with Crippen molar-refractivity contribution in [1.29, 1.82) is 0 Å². The number of amides is 1. The third kappa shape index (κ3) is 7.55. The summed E-state index contributed by atoms with van der Waals surface area (Å²) in [6, 6.07) is -0.536. The van der Waals surface area contributed by atoms with Crippen molar-refractivity contribution in [3.63, 3.8) is 0 Å². The standard InChI is InChI=1S/C13H23NO3/c1-5-6-7-8-11(13(16)17-4)14-12(15)9-10(2)3/h5,10-11H,1,6-9H2,2-4H3,(H,14,15)/t11-/m0/s1. The van der Waals surface area contributed by atoms with Gasteiger partial charge in [-0.2, -0.15) is 0 Å². The molecule has 0 radical (unpaired) electrons. The Morgan fingerprint density at radius 1 is 1.41 bits per heavy atom.